The number of nitrogens with zero attached hydrogens (tertiary/aromatic N) is 2. The van der Waals surface area contributed by atoms with Crippen LogP contribution in [0.3, 0.4) is 0 Å². The van der Waals surface area contributed by atoms with Gasteiger partial charge in [0.1, 0.15) is 5.84 Å². The van der Waals surface area contributed by atoms with Crippen LogP contribution >= 0.6 is 0 Å². The molecule has 0 aliphatic carbocycles. The van der Waals surface area contributed by atoms with Crippen LogP contribution in [0.15, 0.2) is 17.1 Å². The molecule has 0 aromatic heterocycles. The Kier molecular flexibility index (Phi) is 4.04. The molecule has 1 heterocycles. The van der Waals surface area contributed by atoms with E-state index in [1.54, 1.807) is 0 Å². The first-order chi connectivity index (χ1) is 6.36. The van der Waals surface area contributed by atoms with Crippen LogP contribution in [-0.2, 0) is 0 Å². The molecule has 1 N–H and O–H groups in total. The second-order valence-corrected chi connectivity index (χ2v) is 3.19. The largest absolute Gasteiger partial charge is 0.277 e. The zero-order chi connectivity index (χ0) is 9.52. The van der Waals surface area contributed by atoms with Crippen LogP contribution in [0.2, 0.25) is 0 Å². The van der Waals surface area contributed by atoms with E-state index in [1.165, 1.54) is 12.8 Å². The topological polar surface area (TPSA) is 48.2 Å². The van der Waals surface area contributed by atoms with E-state index in [1.807, 2.05) is 12.3 Å². The van der Waals surface area contributed by atoms with Crippen molar-refractivity contribution < 1.29 is 0 Å². The van der Waals surface area contributed by atoms with Crippen molar-refractivity contribution in [2.75, 3.05) is 0 Å². The highest BCUT2D eigenvalue weighted by Crippen LogP contribution is 2.12. The second kappa shape index (κ2) is 5.36. The fourth-order valence-electron chi connectivity index (χ4n) is 1.38. The van der Waals surface area contributed by atoms with Crippen LogP contribution in [0.4, 0.5) is 0 Å². The molecule has 0 saturated heterocycles. The fourth-order valence-corrected chi connectivity index (χ4v) is 1.38. The summed E-state index contributed by atoms with van der Waals surface area (Å²) < 4.78 is 0. The summed E-state index contributed by atoms with van der Waals surface area (Å²) in [7, 11) is 0. The molecule has 0 saturated carbocycles. The van der Waals surface area contributed by atoms with E-state index < -0.39 is 0 Å². The monoisotopic (exact) mass is 177 g/mol. The van der Waals surface area contributed by atoms with Crippen LogP contribution in [0.25, 0.3) is 0 Å². The minimum atomic E-state index is 0.376. The standard InChI is InChI=1S/C10H15N3/c1-2-3-5-9-6-4-7-10(13-9)12-8-11/h4,7,9H,2-3,5-6H2,1H3,(H,12,13)/t9-/m1/s1. The van der Waals surface area contributed by atoms with Crippen LogP contribution in [-0.4, -0.2) is 11.9 Å². The van der Waals surface area contributed by atoms with Gasteiger partial charge in [-0.1, -0.05) is 25.8 Å². The summed E-state index contributed by atoms with van der Waals surface area (Å²) in [5.41, 5.74) is 0. The van der Waals surface area contributed by atoms with Crippen LogP contribution in [0.5, 0.6) is 0 Å². The third-order valence-corrected chi connectivity index (χ3v) is 2.08. The Morgan fingerprint density at radius 1 is 1.77 bits per heavy atom. The van der Waals surface area contributed by atoms with Crippen molar-refractivity contribution in [1.29, 1.82) is 5.26 Å². The number of nitriles is 1. The first kappa shape index (κ1) is 9.79. The summed E-state index contributed by atoms with van der Waals surface area (Å²) in [5.74, 6) is 0.704. The molecular weight excluding hydrogens is 162 g/mol. The molecule has 3 nitrogen and oxygen atoms in total. The average Bonchev–Trinajstić information content (AvgIpc) is 2.16. The average molecular weight is 177 g/mol. The summed E-state index contributed by atoms with van der Waals surface area (Å²) in [4.78, 5) is 4.41. The molecule has 1 aliphatic rings. The third kappa shape index (κ3) is 3.29. The molecule has 3 heteroatoms. The molecule has 0 amide bonds. The maximum atomic E-state index is 8.41. The highest BCUT2D eigenvalue weighted by Gasteiger charge is 2.09. The predicted octanol–water partition coefficient (Wildman–Crippen LogP) is 1.97. The quantitative estimate of drug-likeness (QED) is 0.529. The van der Waals surface area contributed by atoms with Gasteiger partial charge in [0, 0.05) is 0 Å². The second-order valence-electron chi connectivity index (χ2n) is 3.19. The summed E-state index contributed by atoms with van der Waals surface area (Å²) >= 11 is 0. The lowest BCUT2D eigenvalue weighted by Gasteiger charge is -2.14. The normalized spacial score (nSPS) is 20.6. The van der Waals surface area contributed by atoms with Crippen molar-refractivity contribution >= 4 is 5.84 Å². The van der Waals surface area contributed by atoms with E-state index in [0.717, 1.165) is 12.8 Å². The molecule has 70 valence electrons. The number of aliphatic imine (C=N–C) groups is 1. The number of unbranched alkanes of at least 4 members (excludes halogenated alkanes) is 1. The van der Waals surface area contributed by atoms with Gasteiger partial charge < -0.3 is 0 Å². The molecular formula is C10H15N3. The molecule has 1 rings (SSSR count). The third-order valence-electron chi connectivity index (χ3n) is 2.08. The van der Waals surface area contributed by atoms with Gasteiger partial charge in [0.15, 0.2) is 6.19 Å². The Hall–Kier alpha value is -1.30. The first-order valence-corrected chi connectivity index (χ1v) is 4.76. The lowest BCUT2D eigenvalue weighted by atomic mass is 10.1. The van der Waals surface area contributed by atoms with Crippen LogP contribution < -0.4 is 5.32 Å². The minimum Gasteiger partial charge on any atom is -0.277 e. The minimum absolute atomic E-state index is 0.376. The molecule has 0 fully saturated rings. The summed E-state index contributed by atoms with van der Waals surface area (Å²) in [6, 6.07) is 0.376. The van der Waals surface area contributed by atoms with Gasteiger partial charge in [-0.15, -0.1) is 0 Å². The fraction of sp³-hybridized carbons (Fsp3) is 0.600. The van der Waals surface area contributed by atoms with Gasteiger partial charge in [-0.3, -0.25) is 10.3 Å². The molecule has 0 aromatic carbocycles. The van der Waals surface area contributed by atoms with Crippen molar-refractivity contribution in [3.8, 4) is 6.19 Å². The van der Waals surface area contributed by atoms with E-state index in [9.17, 15) is 0 Å². The molecule has 0 bridgehead atoms. The van der Waals surface area contributed by atoms with Gasteiger partial charge in [-0.05, 0) is 18.9 Å². The number of hydrogen-bond acceptors (Lipinski definition) is 3. The highest BCUT2D eigenvalue weighted by molar-refractivity contribution is 5.94. The van der Waals surface area contributed by atoms with Crippen molar-refractivity contribution in [3.63, 3.8) is 0 Å². The van der Waals surface area contributed by atoms with Crippen molar-refractivity contribution in [2.24, 2.45) is 4.99 Å². The number of nitrogens with one attached hydrogen (secondary N) is 1. The molecule has 1 aliphatic heterocycles. The lowest BCUT2D eigenvalue weighted by Crippen LogP contribution is -2.21. The predicted molar refractivity (Wildman–Crippen MR) is 53.3 cm³/mol. The van der Waals surface area contributed by atoms with Gasteiger partial charge >= 0.3 is 0 Å². The Bertz CT molecular complexity index is 247. The van der Waals surface area contributed by atoms with E-state index in [4.69, 9.17) is 5.26 Å². The van der Waals surface area contributed by atoms with E-state index in [0.29, 0.717) is 11.9 Å². The van der Waals surface area contributed by atoms with Crippen molar-refractivity contribution in [2.45, 2.75) is 38.6 Å². The lowest BCUT2D eigenvalue weighted by molar-refractivity contribution is 0.579. The van der Waals surface area contributed by atoms with Crippen LogP contribution in [0.1, 0.15) is 32.6 Å². The van der Waals surface area contributed by atoms with Gasteiger partial charge in [-0.25, -0.2) is 0 Å². The Labute approximate surface area is 79.2 Å². The number of dihydropyridines is 1. The smallest absolute Gasteiger partial charge is 0.182 e. The molecule has 0 spiro atoms. The molecule has 0 aromatic rings. The maximum Gasteiger partial charge on any atom is 0.182 e. The Balaban J connectivity index is 2.42. The number of amidine groups is 1. The summed E-state index contributed by atoms with van der Waals surface area (Å²) in [5, 5.41) is 11.0. The van der Waals surface area contributed by atoms with Gasteiger partial charge in [0.2, 0.25) is 0 Å². The van der Waals surface area contributed by atoms with Crippen molar-refractivity contribution in [3.05, 3.63) is 12.2 Å². The number of hydrogen-bond donors (Lipinski definition) is 1. The zero-order valence-corrected chi connectivity index (χ0v) is 7.95. The van der Waals surface area contributed by atoms with Gasteiger partial charge in [-0.2, -0.15) is 5.26 Å². The summed E-state index contributed by atoms with van der Waals surface area (Å²) in [6.45, 7) is 2.18. The van der Waals surface area contributed by atoms with Crippen LogP contribution in [0, 0.1) is 11.5 Å². The maximum absolute atomic E-state index is 8.41. The number of rotatable bonds is 3. The molecule has 0 unspecified atom stereocenters. The molecule has 0 radical (unpaired) electrons. The van der Waals surface area contributed by atoms with E-state index >= 15 is 0 Å². The highest BCUT2D eigenvalue weighted by atomic mass is 15.0. The zero-order valence-electron chi connectivity index (χ0n) is 7.95. The molecule has 1 atom stereocenters. The van der Waals surface area contributed by atoms with Gasteiger partial charge in [0.25, 0.3) is 0 Å². The Morgan fingerprint density at radius 3 is 3.31 bits per heavy atom. The molecule has 13 heavy (non-hydrogen) atoms. The Morgan fingerprint density at radius 2 is 2.62 bits per heavy atom. The van der Waals surface area contributed by atoms with Crippen molar-refractivity contribution in [1.82, 2.24) is 5.32 Å². The SMILES string of the molecule is CCCC[C@@H]1CC=CC(NC#N)=N1. The van der Waals surface area contributed by atoms with Gasteiger partial charge in [0.05, 0.1) is 6.04 Å². The summed E-state index contributed by atoms with van der Waals surface area (Å²) in [6.07, 6.45) is 10.4. The van der Waals surface area contributed by atoms with E-state index in [2.05, 4.69) is 23.3 Å². The van der Waals surface area contributed by atoms with E-state index in [-0.39, 0.29) is 0 Å². The first-order valence-electron chi connectivity index (χ1n) is 4.76.